The van der Waals surface area contributed by atoms with Gasteiger partial charge in [0.15, 0.2) is 0 Å². The second kappa shape index (κ2) is 10.2. The van der Waals surface area contributed by atoms with Crippen molar-refractivity contribution >= 4 is 17.3 Å². The normalized spacial score (nSPS) is 15.3. The minimum atomic E-state index is -0.894. The van der Waals surface area contributed by atoms with Crippen molar-refractivity contribution in [2.24, 2.45) is 5.92 Å². The van der Waals surface area contributed by atoms with Gasteiger partial charge in [0.25, 0.3) is 0 Å². The topological polar surface area (TPSA) is 65.5 Å². The summed E-state index contributed by atoms with van der Waals surface area (Å²) >= 11 is 0. The zero-order valence-electron chi connectivity index (χ0n) is 19.7. The number of nitrogens with zero attached hydrogens (tertiary/aromatic N) is 2. The lowest BCUT2D eigenvalue weighted by molar-refractivity contribution is 0.0695. The van der Waals surface area contributed by atoms with Gasteiger partial charge < -0.3 is 15.3 Å². The maximum Gasteiger partial charge on any atom is 0.336 e. The van der Waals surface area contributed by atoms with Gasteiger partial charge in [0.05, 0.1) is 5.56 Å². The summed E-state index contributed by atoms with van der Waals surface area (Å²) in [6, 6.07) is 17.4. The first kappa shape index (κ1) is 23.0. The smallest absolute Gasteiger partial charge is 0.336 e. The molecule has 2 N–H and O–H groups in total. The van der Waals surface area contributed by atoms with Crippen LogP contribution in [0.3, 0.4) is 0 Å². The van der Waals surface area contributed by atoms with Crippen LogP contribution in [-0.4, -0.2) is 29.7 Å². The summed E-state index contributed by atoms with van der Waals surface area (Å²) < 4.78 is 0. The molecule has 0 spiro atoms. The Morgan fingerprint density at radius 2 is 1.91 bits per heavy atom. The minimum absolute atomic E-state index is 0.213. The van der Waals surface area contributed by atoms with Crippen molar-refractivity contribution in [3.63, 3.8) is 0 Å². The molecule has 1 aliphatic rings. The molecule has 0 radical (unpaired) electrons. The van der Waals surface area contributed by atoms with Crippen molar-refractivity contribution in [3.8, 4) is 0 Å². The number of fused-ring (bicyclic) bond motifs is 1. The van der Waals surface area contributed by atoms with Crippen molar-refractivity contribution < 1.29 is 9.90 Å². The molecule has 2 aromatic carbocycles. The molecule has 33 heavy (non-hydrogen) atoms. The Labute approximate surface area is 196 Å². The molecular formula is C28H33N3O2. The van der Waals surface area contributed by atoms with E-state index in [1.165, 1.54) is 34.3 Å². The Balaban J connectivity index is 1.48. The molecule has 0 unspecified atom stereocenters. The van der Waals surface area contributed by atoms with Crippen LogP contribution >= 0.6 is 0 Å². The highest BCUT2D eigenvalue weighted by atomic mass is 16.4. The summed E-state index contributed by atoms with van der Waals surface area (Å²) in [5.74, 6) is -0.237. The molecule has 1 aliphatic heterocycles. The molecule has 0 amide bonds. The van der Waals surface area contributed by atoms with Gasteiger partial charge in [0.2, 0.25) is 0 Å². The molecular weight excluding hydrogens is 410 g/mol. The number of hydrogen-bond donors (Lipinski definition) is 2. The molecule has 3 aromatic rings. The second-order valence-corrected chi connectivity index (χ2v) is 9.34. The summed E-state index contributed by atoms with van der Waals surface area (Å²) in [6.45, 7) is 5.42. The maximum absolute atomic E-state index is 11.5. The highest BCUT2D eigenvalue weighted by Crippen LogP contribution is 2.32. The molecule has 0 fully saturated rings. The number of rotatable bonds is 8. The highest BCUT2D eigenvalue weighted by Gasteiger charge is 2.21. The number of aromatic nitrogens is 1. The predicted octanol–water partition coefficient (Wildman–Crippen LogP) is 5.57. The Morgan fingerprint density at radius 3 is 2.64 bits per heavy atom. The van der Waals surface area contributed by atoms with Crippen molar-refractivity contribution in [2.75, 3.05) is 18.5 Å². The molecule has 0 bridgehead atoms. The van der Waals surface area contributed by atoms with Crippen LogP contribution in [0.1, 0.15) is 58.9 Å². The second-order valence-electron chi connectivity index (χ2n) is 9.34. The van der Waals surface area contributed by atoms with Crippen molar-refractivity contribution in [1.29, 1.82) is 0 Å². The van der Waals surface area contributed by atoms with E-state index in [1.54, 1.807) is 12.3 Å². The van der Waals surface area contributed by atoms with Crippen LogP contribution in [0.5, 0.6) is 0 Å². The van der Waals surface area contributed by atoms with Crippen LogP contribution in [0, 0.1) is 5.92 Å². The van der Waals surface area contributed by atoms with E-state index >= 15 is 0 Å². The standard InChI is InChI=1S/C28H33N3O2/c1-19(2)16-20-4-7-23(8-5-20)31(3)24-9-10-25-21(17-24)12-15-30-27(25)11-6-22-18-29-14-13-26(22)28(32)33/h4-5,7-10,13-14,17-19,27,30H,6,11-12,15-16H2,1-3H3,(H,32,33)/t27-/m0/s1. The summed E-state index contributed by atoms with van der Waals surface area (Å²) in [6.07, 6.45) is 6.83. The predicted molar refractivity (Wildman–Crippen MR) is 133 cm³/mol. The summed E-state index contributed by atoms with van der Waals surface area (Å²) in [4.78, 5) is 17.9. The molecule has 1 aromatic heterocycles. The fourth-order valence-electron chi connectivity index (χ4n) is 4.72. The number of anilines is 2. The number of benzene rings is 2. The van der Waals surface area contributed by atoms with Crippen LogP contribution in [0.4, 0.5) is 11.4 Å². The number of carbonyl (C=O) groups is 1. The first-order chi connectivity index (χ1) is 15.9. The minimum Gasteiger partial charge on any atom is -0.478 e. The fourth-order valence-corrected chi connectivity index (χ4v) is 4.72. The number of aromatic carboxylic acids is 1. The number of nitrogens with one attached hydrogen (secondary N) is 1. The van der Waals surface area contributed by atoms with E-state index in [9.17, 15) is 9.90 Å². The van der Waals surface area contributed by atoms with Crippen molar-refractivity contribution in [1.82, 2.24) is 10.3 Å². The average molecular weight is 444 g/mol. The summed E-state index contributed by atoms with van der Waals surface area (Å²) in [5, 5.41) is 13.1. The zero-order chi connectivity index (χ0) is 23.4. The van der Waals surface area contributed by atoms with Gasteiger partial charge >= 0.3 is 5.97 Å². The average Bonchev–Trinajstić information content (AvgIpc) is 2.82. The fraction of sp³-hybridized carbons (Fsp3) is 0.357. The van der Waals surface area contributed by atoms with Gasteiger partial charge in [-0.1, -0.05) is 32.0 Å². The third-order valence-electron chi connectivity index (χ3n) is 6.48. The Morgan fingerprint density at radius 1 is 1.15 bits per heavy atom. The number of carboxylic acids is 1. The lowest BCUT2D eigenvalue weighted by Gasteiger charge is -2.29. The van der Waals surface area contributed by atoms with E-state index in [0.717, 1.165) is 31.4 Å². The molecule has 0 aliphatic carbocycles. The van der Waals surface area contributed by atoms with Gasteiger partial charge in [-0.25, -0.2) is 4.79 Å². The SMILES string of the molecule is CC(C)Cc1ccc(N(C)c2ccc3c(c2)CCN[C@H]3CCc2cnccc2C(=O)O)cc1. The van der Waals surface area contributed by atoms with Crippen LogP contribution in [-0.2, 0) is 19.3 Å². The monoisotopic (exact) mass is 443 g/mol. The van der Waals surface area contributed by atoms with Crippen molar-refractivity contribution in [2.45, 2.75) is 45.6 Å². The van der Waals surface area contributed by atoms with E-state index in [4.69, 9.17) is 0 Å². The lowest BCUT2D eigenvalue weighted by atomic mass is 9.89. The molecule has 4 rings (SSSR count). The largest absolute Gasteiger partial charge is 0.478 e. The van der Waals surface area contributed by atoms with E-state index in [0.29, 0.717) is 17.9 Å². The van der Waals surface area contributed by atoms with Gasteiger partial charge in [-0.15, -0.1) is 0 Å². The van der Waals surface area contributed by atoms with Crippen LogP contribution in [0.2, 0.25) is 0 Å². The Hall–Kier alpha value is -3.18. The zero-order valence-corrected chi connectivity index (χ0v) is 19.7. The number of carboxylic acid groups (broad SMARTS) is 1. The quantitative estimate of drug-likeness (QED) is 0.477. The molecule has 1 atom stereocenters. The molecule has 5 nitrogen and oxygen atoms in total. The van der Waals surface area contributed by atoms with Gasteiger partial charge in [0.1, 0.15) is 0 Å². The Bertz CT molecular complexity index is 1110. The molecule has 5 heteroatoms. The third kappa shape index (κ3) is 5.42. The highest BCUT2D eigenvalue weighted by molar-refractivity contribution is 5.89. The van der Waals surface area contributed by atoms with Crippen LogP contribution < -0.4 is 10.2 Å². The number of pyridine rings is 1. The van der Waals surface area contributed by atoms with E-state index in [2.05, 4.69) is 78.6 Å². The first-order valence-corrected chi connectivity index (χ1v) is 11.8. The number of aryl methyl sites for hydroxylation is 1. The molecule has 0 saturated carbocycles. The van der Waals surface area contributed by atoms with Gasteiger partial charge in [0, 0.05) is 36.9 Å². The van der Waals surface area contributed by atoms with Crippen molar-refractivity contribution in [3.05, 3.63) is 88.7 Å². The lowest BCUT2D eigenvalue weighted by Crippen LogP contribution is -2.30. The van der Waals surface area contributed by atoms with E-state index in [1.807, 2.05) is 0 Å². The Kier molecular flexibility index (Phi) is 7.09. The third-order valence-corrected chi connectivity index (χ3v) is 6.48. The first-order valence-electron chi connectivity index (χ1n) is 11.8. The van der Waals surface area contributed by atoms with Gasteiger partial charge in [-0.2, -0.15) is 0 Å². The summed E-state index contributed by atoms with van der Waals surface area (Å²) in [7, 11) is 2.12. The van der Waals surface area contributed by atoms with E-state index < -0.39 is 5.97 Å². The number of hydrogen-bond acceptors (Lipinski definition) is 4. The van der Waals surface area contributed by atoms with Crippen LogP contribution in [0.25, 0.3) is 0 Å². The molecule has 2 heterocycles. The van der Waals surface area contributed by atoms with Crippen LogP contribution in [0.15, 0.2) is 60.9 Å². The molecule has 172 valence electrons. The van der Waals surface area contributed by atoms with Gasteiger partial charge in [-0.05, 0) is 90.7 Å². The molecule has 0 saturated heterocycles. The maximum atomic E-state index is 11.5. The summed E-state index contributed by atoms with van der Waals surface area (Å²) in [5.41, 5.74) is 7.56. The van der Waals surface area contributed by atoms with E-state index in [-0.39, 0.29) is 6.04 Å². The van der Waals surface area contributed by atoms with Gasteiger partial charge in [-0.3, -0.25) is 4.98 Å².